The molecule has 0 aromatic carbocycles. The van der Waals surface area contributed by atoms with Gasteiger partial charge >= 0.3 is 0 Å². The maximum Gasteiger partial charge on any atom is 0.0898 e. The number of hydrogen-bond donors (Lipinski definition) is 2. The maximum atomic E-state index is 5.40. The van der Waals surface area contributed by atoms with Gasteiger partial charge in [-0.25, -0.2) is 20.0 Å². The van der Waals surface area contributed by atoms with Crippen molar-refractivity contribution in [1.82, 2.24) is 0 Å². The molecule has 0 fully saturated rings. The highest BCUT2D eigenvalue weighted by atomic mass is 14.9. The van der Waals surface area contributed by atoms with Gasteiger partial charge in [0.25, 0.3) is 0 Å². The van der Waals surface area contributed by atoms with Crippen molar-refractivity contribution >= 4 is 12.0 Å². The molecule has 6 heteroatoms. The zero-order valence-electron chi connectivity index (χ0n) is 15.2. The van der Waals surface area contributed by atoms with E-state index in [9.17, 15) is 0 Å². The maximum absolute atomic E-state index is 5.40. The van der Waals surface area contributed by atoms with Crippen LogP contribution in [-0.2, 0) is 0 Å². The molecule has 0 aliphatic carbocycles. The quantitative estimate of drug-likeness (QED) is 0.673. The molecule has 0 rings (SSSR count). The lowest BCUT2D eigenvalue weighted by Gasteiger charge is -2.15. The van der Waals surface area contributed by atoms with Gasteiger partial charge in [0.1, 0.15) is 0 Å². The summed E-state index contributed by atoms with van der Waals surface area (Å²) in [5, 5.41) is 0. The largest absolute Gasteiger partial charge is 0.330 e. The molecule has 0 aliphatic heterocycles. The second-order valence-corrected chi connectivity index (χ2v) is 6.07. The Morgan fingerprint density at radius 3 is 1.27 bits per heavy atom. The van der Waals surface area contributed by atoms with Crippen molar-refractivity contribution in [1.29, 1.82) is 0 Å². The summed E-state index contributed by atoms with van der Waals surface area (Å²) in [7, 11) is 0. The summed E-state index contributed by atoms with van der Waals surface area (Å²) in [5.74, 6) is 0. The van der Waals surface area contributed by atoms with E-state index in [2.05, 4.69) is 32.0 Å². The Labute approximate surface area is 135 Å². The molecule has 0 saturated carbocycles. The van der Waals surface area contributed by atoms with Crippen molar-refractivity contribution in [3.8, 4) is 0 Å². The van der Waals surface area contributed by atoms with Crippen molar-refractivity contribution in [3.05, 3.63) is 0 Å². The minimum absolute atomic E-state index is 0.104. The molecule has 0 bridgehead atoms. The van der Waals surface area contributed by atoms with Crippen molar-refractivity contribution in [2.45, 2.75) is 65.5 Å². The highest BCUT2D eigenvalue weighted by Gasteiger charge is 2.13. The Balaban J connectivity index is 0. The van der Waals surface area contributed by atoms with Gasteiger partial charge in [0.2, 0.25) is 0 Å². The van der Waals surface area contributed by atoms with E-state index in [4.69, 9.17) is 11.5 Å². The molecule has 0 spiro atoms. The molecule has 0 aromatic heterocycles. The predicted molar refractivity (Wildman–Crippen MR) is 96.3 cm³/mol. The van der Waals surface area contributed by atoms with E-state index in [1.165, 1.54) is 0 Å². The Morgan fingerprint density at radius 1 is 0.727 bits per heavy atom. The monoisotopic (exact) mass is 310 g/mol. The highest BCUT2D eigenvalue weighted by Crippen LogP contribution is 2.11. The second-order valence-electron chi connectivity index (χ2n) is 6.07. The summed E-state index contributed by atoms with van der Waals surface area (Å²) < 4.78 is 0. The molecular weight excluding hydrogens is 276 g/mol. The fourth-order valence-electron chi connectivity index (χ4n) is 1.30. The van der Waals surface area contributed by atoms with Gasteiger partial charge in [-0.05, 0) is 67.5 Å². The van der Waals surface area contributed by atoms with Gasteiger partial charge < -0.3 is 11.5 Å². The van der Waals surface area contributed by atoms with Crippen LogP contribution in [0, 0.1) is 0 Å². The summed E-state index contributed by atoms with van der Waals surface area (Å²) >= 11 is 0. The van der Waals surface area contributed by atoms with E-state index in [1.807, 2.05) is 41.5 Å². The molecule has 22 heavy (non-hydrogen) atoms. The van der Waals surface area contributed by atoms with Gasteiger partial charge in [0.15, 0.2) is 0 Å². The summed E-state index contributed by atoms with van der Waals surface area (Å²) in [6.07, 6.45) is 1.75. The van der Waals surface area contributed by atoms with E-state index in [0.29, 0.717) is 13.1 Å². The number of nitrogens with zero attached hydrogens (tertiary/aromatic N) is 4. The van der Waals surface area contributed by atoms with E-state index < -0.39 is 0 Å². The van der Waals surface area contributed by atoms with E-state index in [0.717, 1.165) is 25.9 Å². The molecule has 0 unspecified atom stereocenters. The first-order chi connectivity index (χ1) is 10.2. The molecule has 0 atom stereocenters. The van der Waals surface area contributed by atoms with Gasteiger partial charge in [-0.3, -0.25) is 0 Å². The summed E-state index contributed by atoms with van der Waals surface area (Å²) in [5.41, 5.74) is 10.6. The number of nitrogens with two attached hydrogens (primary N) is 2. The van der Waals surface area contributed by atoms with Crippen LogP contribution < -0.4 is 11.5 Å². The standard InChI is InChI=1S/2C8H17N3/c2*1-4-10-7-11-8(2,3)5-6-9/h2*4-6,9H2,1-3H3. The topological polar surface area (TPSA) is 101 Å². The van der Waals surface area contributed by atoms with Crippen LogP contribution in [0.4, 0.5) is 0 Å². The third kappa shape index (κ3) is 16.7. The third-order valence-electron chi connectivity index (χ3n) is 2.68. The van der Waals surface area contributed by atoms with Gasteiger partial charge in [-0.2, -0.15) is 0 Å². The number of aliphatic imine (C=N–C) groups is 4. The predicted octanol–water partition coefficient (Wildman–Crippen LogP) is 2.62. The molecule has 0 heterocycles. The lowest BCUT2D eigenvalue weighted by atomic mass is 10.0. The second kappa shape index (κ2) is 13.4. The Morgan fingerprint density at radius 2 is 1.05 bits per heavy atom. The zero-order chi connectivity index (χ0) is 17.5. The molecular formula is C16H34N6. The van der Waals surface area contributed by atoms with Crippen LogP contribution in [-0.4, -0.2) is 49.3 Å². The third-order valence-corrected chi connectivity index (χ3v) is 2.68. The van der Waals surface area contributed by atoms with Crippen LogP contribution in [0.15, 0.2) is 20.0 Å². The SMILES string of the molecule is CCN=C=NC(C)(C)CCN.CCN=C=NC(C)(C)CCN. The van der Waals surface area contributed by atoms with Crippen LogP contribution in [0.3, 0.4) is 0 Å². The van der Waals surface area contributed by atoms with Gasteiger partial charge in [0.05, 0.1) is 23.1 Å². The van der Waals surface area contributed by atoms with Crippen molar-refractivity contribution < 1.29 is 0 Å². The molecule has 0 saturated heterocycles. The van der Waals surface area contributed by atoms with Crippen LogP contribution in [0.1, 0.15) is 54.4 Å². The van der Waals surface area contributed by atoms with E-state index >= 15 is 0 Å². The smallest absolute Gasteiger partial charge is 0.0898 e. The molecule has 128 valence electrons. The van der Waals surface area contributed by atoms with Crippen LogP contribution >= 0.6 is 0 Å². The molecule has 0 amide bonds. The first-order valence-corrected chi connectivity index (χ1v) is 7.91. The Bertz CT molecular complexity index is 347. The van der Waals surface area contributed by atoms with Crippen LogP contribution in [0.25, 0.3) is 0 Å². The number of rotatable bonds is 8. The molecule has 4 N–H and O–H groups in total. The van der Waals surface area contributed by atoms with Gasteiger partial charge in [-0.15, -0.1) is 0 Å². The lowest BCUT2D eigenvalue weighted by molar-refractivity contribution is 0.489. The highest BCUT2D eigenvalue weighted by molar-refractivity contribution is 5.42. The first-order valence-electron chi connectivity index (χ1n) is 7.91. The van der Waals surface area contributed by atoms with Crippen molar-refractivity contribution in [2.75, 3.05) is 26.2 Å². The average Bonchev–Trinajstić information content (AvgIpc) is 2.39. The van der Waals surface area contributed by atoms with E-state index in [-0.39, 0.29) is 11.1 Å². The molecule has 0 aliphatic rings. The van der Waals surface area contributed by atoms with Crippen molar-refractivity contribution in [2.24, 2.45) is 31.4 Å². The Hall–Kier alpha value is -1.32. The fraction of sp³-hybridized carbons (Fsp3) is 0.875. The lowest BCUT2D eigenvalue weighted by Crippen LogP contribution is -2.21. The summed E-state index contributed by atoms with van der Waals surface area (Å²) in [6, 6.07) is 5.31. The molecule has 0 aromatic rings. The van der Waals surface area contributed by atoms with Gasteiger partial charge in [-0.1, -0.05) is 0 Å². The zero-order valence-corrected chi connectivity index (χ0v) is 15.2. The summed E-state index contributed by atoms with van der Waals surface area (Å²) in [4.78, 5) is 16.0. The number of hydrogen-bond acceptors (Lipinski definition) is 6. The van der Waals surface area contributed by atoms with E-state index in [1.54, 1.807) is 0 Å². The molecule has 0 radical (unpaired) electrons. The fourth-order valence-corrected chi connectivity index (χ4v) is 1.30. The summed E-state index contributed by atoms with van der Waals surface area (Å²) in [6.45, 7) is 14.8. The van der Waals surface area contributed by atoms with Crippen LogP contribution in [0.5, 0.6) is 0 Å². The first kappa shape index (κ1) is 23.0. The minimum atomic E-state index is -0.104. The molecule has 6 nitrogen and oxygen atoms in total. The van der Waals surface area contributed by atoms with Gasteiger partial charge in [0, 0.05) is 13.1 Å². The normalized spacial score (nSPS) is 10.5. The average molecular weight is 310 g/mol. The van der Waals surface area contributed by atoms with Crippen molar-refractivity contribution in [3.63, 3.8) is 0 Å². The Kier molecular flexibility index (Phi) is 13.9. The minimum Gasteiger partial charge on any atom is -0.330 e. The van der Waals surface area contributed by atoms with Crippen LogP contribution in [0.2, 0.25) is 0 Å².